The second-order valence-corrected chi connectivity index (χ2v) is 7.16. The van der Waals surface area contributed by atoms with Gasteiger partial charge in [0.15, 0.2) is 0 Å². The van der Waals surface area contributed by atoms with Crippen molar-refractivity contribution in [3.63, 3.8) is 0 Å². The van der Waals surface area contributed by atoms with E-state index in [1.807, 2.05) is 30.3 Å². The Hall–Kier alpha value is -3.44. The predicted octanol–water partition coefficient (Wildman–Crippen LogP) is 3.78. The Balaban J connectivity index is 1.97. The van der Waals surface area contributed by atoms with Crippen LogP contribution in [-0.4, -0.2) is 19.1 Å². The lowest BCUT2D eigenvalue weighted by Gasteiger charge is -2.15. The summed E-state index contributed by atoms with van der Waals surface area (Å²) in [6.07, 6.45) is 0. The largest absolute Gasteiger partial charge is 0.495 e. The van der Waals surface area contributed by atoms with Crippen LogP contribution in [0.5, 0.6) is 5.75 Å². The number of rotatable bonds is 4. The minimum Gasteiger partial charge on any atom is -0.495 e. The van der Waals surface area contributed by atoms with Gasteiger partial charge in [-0.1, -0.05) is 30.3 Å². The molecule has 0 aliphatic carbocycles. The number of pyridine rings is 1. The molecule has 3 aromatic carbocycles. The number of para-hydroxylation sites is 2. The molecule has 4 rings (SSSR count). The highest BCUT2D eigenvalue weighted by Crippen LogP contribution is 2.37. The summed E-state index contributed by atoms with van der Waals surface area (Å²) in [5.41, 5.74) is 10.7. The third-order valence-electron chi connectivity index (χ3n) is 5.23. The number of anilines is 1. The summed E-state index contributed by atoms with van der Waals surface area (Å²) in [5, 5.41) is 5.14. The molecule has 29 heavy (non-hydrogen) atoms. The van der Waals surface area contributed by atoms with Gasteiger partial charge in [0, 0.05) is 17.7 Å². The van der Waals surface area contributed by atoms with Crippen LogP contribution in [0.1, 0.15) is 6.92 Å². The molecule has 1 heterocycles. The standard InChI is InChI=1S/C24H23N3O2/c1-15(25)24(28)26-19-13-12-16(14-22(19)29-3)23-17-8-4-6-10-20(17)27(2)21-11-7-5-9-18(21)23/h4-15H,25H2,1-3H3/p+1/t15-/m0/s1. The summed E-state index contributed by atoms with van der Waals surface area (Å²) < 4.78 is 7.79. The number of nitrogens with zero attached hydrogens (tertiary/aromatic N) is 1. The number of aromatic nitrogens is 1. The van der Waals surface area contributed by atoms with Crippen molar-refractivity contribution >= 4 is 33.4 Å². The molecule has 1 amide bonds. The fraction of sp³-hybridized carbons (Fsp3) is 0.167. The summed E-state index contributed by atoms with van der Waals surface area (Å²) in [6.45, 7) is 1.65. The number of hydrogen-bond donors (Lipinski definition) is 2. The Bertz CT molecular complexity index is 1170. The number of hydrogen-bond acceptors (Lipinski definition) is 3. The van der Waals surface area contributed by atoms with Gasteiger partial charge < -0.3 is 15.8 Å². The van der Waals surface area contributed by atoms with E-state index in [-0.39, 0.29) is 5.91 Å². The Kier molecular flexibility index (Phi) is 4.91. The Morgan fingerprint density at radius 3 is 2.14 bits per heavy atom. The molecule has 0 bridgehead atoms. The van der Waals surface area contributed by atoms with Crippen LogP contribution in [-0.2, 0) is 11.8 Å². The van der Waals surface area contributed by atoms with E-state index in [0.717, 1.165) is 32.9 Å². The average molecular weight is 386 g/mol. The Labute approximate surface area is 169 Å². The zero-order valence-electron chi connectivity index (χ0n) is 16.8. The van der Waals surface area contributed by atoms with E-state index in [1.54, 1.807) is 14.0 Å². The maximum absolute atomic E-state index is 12.0. The fourth-order valence-electron chi connectivity index (χ4n) is 3.74. The lowest BCUT2D eigenvalue weighted by atomic mass is 9.95. The van der Waals surface area contributed by atoms with Crippen molar-refractivity contribution in [1.29, 1.82) is 0 Å². The molecule has 0 spiro atoms. The van der Waals surface area contributed by atoms with Crippen molar-refractivity contribution in [3.05, 3.63) is 66.7 Å². The number of carbonyl (C=O) groups is 1. The quantitative estimate of drug-likeness (QED) is 0.414. The molecule has 0 saturated heterocycles. The summed E-state index contributed by atoms with van der Waals surface area (Å²) in [5.74, 6) is 0.344. The van der Waals surface area contributed by atoms with Crippen molar-refractivity contribution in [2.24, 2.45) is 12.8 Å². The number of nitrogens with two attached hydrogens (primary N) is 1. The van der Waals surface area contributed by atoms with Crippen LogP contribution < -0.4 is 20.4 Å². The number of amides is 1. The number of fused-ring (bicyclic) bond motifs is 2. The van der Waals surface area contributed by atoms with Crippen molar-refractivity contribution in [1.82, 2.24) is 0 Å². The van der Waals surface area contributed by atoms with E-state index < -0.39 is 6.04 Å². The SMILES string of the molecule is COc1cc(-c2c3ccccc3[n+](C)c3ccccc23)ccc1NC(=O)[C@H](C)N. The molecule has 5 nitrogen and oxygen atoms in total. The molecular formula is C24H24N3O2+. The van der Waals surface area contributed by atoms with Crippen molar-refractivity contribution in [2.45, 2.75) is 13.0 Å². The normalized spacial score (nSPS) is 12.1. The van der Waals surface area contributed by atoms with Gasteiger partial charge in [0.25, 0.3) is 0 Å². The van der Waals surface area contributed by atoms with Gasteiger partial charge in [-0.05, 0) is 36.8 Å². The van der Waals surface area contributed by atoms with Gasteiger partial charge >= 0.3 is 0 Å². The summed E-state index contributed by atoms with van der Waals surface area (Å²) >= 11 is 0. The zero-order chi connectivity index (χ0) is 20.5. The predicted molar refractivity (Wildman–Crippen MR) is 117 cm³/mol. The number of benzene rings is 3. The van der Waals surface area contributed by atoms with E-state index in [4.69, 9.17) is 10.5 Å². The lowest BCUT2D eigenvalue weighted by Crippen LogP contribution is -2.32. The van der Waals surface area contributed by atoms with Crippen molar-refractivity contribution in [2.75, 3.05) is 12.4 Å². The number of methoxy groups -OCH3 is 1. The van der Waals surface area contributed by atoms with E-state index in [2.05, 4.69) is 53.3 Å². The highest BCUT2D eigenvalue weighted by molar-refractivity contribution is 6.07. The first kappa shape index (κ1) is 18.9. The molecule has 1 aromatic heterocycles. The molecular weight excluding hydrogens is 362 g/mol. The molecule has 0 aliphatic rings. The molecule has 0 unspecified atom stereocenters. The molecule has 5 heteroatoms. The molecule has 0 fully saturated rings. The highest BCUT2D eigenvalue weighted by atomic mass is 16.5. The van der Waals surface area contributed by atoms with E-state index in [9.17, 15) is 4.79 Å². The monoisotopic (exact) mass is 386 g/mol. The van der Waals surface area contributed by atoms with Crippen molar-refractivity contribution in [3.8, 4) is 16.9 Å². The molecule has 4 aromatic rings. The van der Waals surface area contributed by atoms with Crippen LogP contribution in [0.4, 0.5) is 5.69 Å². The molecule has 1 atom stereocenters. The van der Waals surface area contributed by atoms with Gasteiger partial charge in [-0.2, -0.15) is 4.57 Å². The molecule has 3 N–H and O–H groups in total. The summed E-state index contributed by atoms with van der Waals surface area (Å²) in [6, 6.07) is 22.0. The smallest absolute Gasteiger partial charge is 0.241 e. The Morgan fingerprint density at radius 2 is 1.59 bits per heavy atom. The van der Waals surface area contributed by atoms with Crippen LogP contribution in [0.2, 0.25) is 0 Å². The lowest BCUT2D eigenvalue weighted by molar-refractivity contribution is -0.617. The molecule has 0 radical (unpaired) electrons. The minimum atomic E-state index is -0.596. The van der Waals surface area contributed by atoms with E-state index >= 15 is 0 Å². The van der Waals surface area contributed by atoms with Crippen molar-refractivity contribution < 1.29 is 14.1 Å². The topological polar surface area (TPSA) is 68.2 Å². The maximum Gasteiger partial charge on any atom is 0.241 e. The first-order valence-corrected chi connectivity index (χ1v) is 9.55. The first-order chi connectivity index (χ1) is 14.0. The molecule has 0 aliphatic heterocycles. The Morgan fingerprint density at radius 1 is 1.00 bits per heavy atom. The van der Waals surface area contributed by atoms with Gasteiger partial charge in [-0.25, -0.2) is 0 Å². The van der Waals surface area contributed by atoms with Crippen LogP contribution in [0, 0.1) is 0 Å². The average Bonchev–Trinajstić information content (AvgIpc) is 2.74. The third-order valence-corrected chi connectivity index (χ3v) is 5.23. The van der Waals surface area contributed by atoms with Crippen LogP contribution in [0.25, 0.3) is 32.9 Å². The number of nitrogens with one attached hydrogen (secondary N) is 1. The van der Waals surface area contributed by atoms with Crippen LogP contribution in [0.3, 0.4) is 0 Å². The van der Waals surface area contributed by atoms with E-state index in [0.29, 0.717) is 11.4 Å². The first-order valence-electron chi connectivity index (χ1n) is 9.55. The number of carbonyl (C=O) groups excluding carboxylic acids is 1. The molecule has 0 saturated carbocycles. The minimum absolute atomic E-state index is 0.251. The second-order valence-electron chi connectivity index (χ2n) is 7.16. The fourth-order valence-corrected chi connectivity index (χ4v) is 3.74. The zero-order valence-corrected chi connectivity index (χ0v) is 16.8. The van der Waals surface area contributed by atoms with Gasteiger partial charge in [-0.15, -0.1) is 0 Å². The summed E-state index contributed by atoms with van der Waals surface area (Å²) in [4.78, 5) is 12.0. The second kappa shape index (κ2) is 7.53. The van der Waals surface area contributed by atoms with Gasteiger partial charge in [0.2, 0.25) is 16.9 Å². The molecule has 146 valence electrons. The number of ether oxygens (including phenoxy) is 1. The maximum atomic E-state index is 12.0. The highest BCUT2D eigenvalue weighted by Gasteiger charge is 2.20. The van der Waals surface area contributed by atoms with E-state index in [1.165, 1.54) is 0 Å². The number of aryl methyl sites for hydroxylation is 1. The van der Waals surface area contributed by atoms with Gasteiger partial charge in [-0.3, -0.25) is 4.79 Å². The van der Waals surface area contributed by atoms with Gasteiger partial charge in [0.05, 0.1) is 29.6 Å². The van der Waals surface area contributed by atoms with Crippen LogP contribution in [0.15, 0.2) is 66.7 Å². The third kappa shape index (κ3) is 3.30. The van der Waals surface area contributed by atoms with Crippen LogP contribution >= 0.6 is 0 Å². The van der Waals surface area contributed by atoms with Gasteiger partial charge in [0.1, 0.15) is 12.8 Å². The summed E-state index contributed by atoms with van der Waals surface area (Å²) in [7, 11) is 3.68.